The van der Waals surface area contributed by atoms with Crippen LogP contribution in [0.4, 0.5) is 11.4 Å². The molecule has 0 heterocycles. The number of hydrogen-bond donors (Lipinski definition) is 1. The van der Waals surface area contributed by atoms with Crippen LogP contribution >= 0.6 is 0 Å². The van der Waals surface area contributed by atoms with Gasteiger partial charge >= 0.3 is 0 Å². The zero-order valence-corrected chi connectivity index (χ0v) is 26.9. The molecule has 0 spiro atoms. The average molecular weight is 595 g/mol. The maximum absolute atomic E-state index is 14.3. The molecule has 6 aromatic rings. The summed E-state index contributed by atoms with van der Waals surface area (Å²) < 4.78 is 0. The van der Waals surface area contributed by atoms with E-state index in [9.17, 15) is 10.2 Å². The molecule has 0 amide bonds. The van der Waals surface area contributed by atoms with Gasteiger partial charge in [0.05, 0.1) is 0 Å². The summed E-state index contributed by atoms with van der Waals surface area (Å²) in [7, 11) is 2.13. The van der Waals surface area contributed by atoms with Crippen molar-refractivity contribution in [1.82, 2.24) is 0 Å². The molecule has 1 saturated carbocycles. The highest BCUT2D eigenvalue weighted by Gasteiger charge is 2.40. The Morgan fingerprint density at radius 2 is 1.16 bits per heavy atom. The molecule has 1 N–H and O–H groups in total. The topological polar surface area (TPSA) is 61.4 Å². The molecule has 0 aliphatic heterocycles. The van der Waals surface area contributed by atoms with Gasteiger partial charge in [-0.3, -0.25) is 0 Å². The van der Waals surface area contributed by atoms with Crippen molar-refractivity contribution in [2.75, 3.05) is 30.4 Å². The van der Waals surface area contributed by atoms with E-state index in [2.05, 4.69) is 118 Å². The minimum Gasteiger partial charge on any atom is -0.851 e. The fourth-order valence-corrected chi connectivity index (χ4v) is 7.59. The number of fused-ring (bicyclic) bond motifs is 4. The van der Waals surface area contributed by atoms with E-state index >= 15 is 0 Å². The van der Waals surface area contributed by atoms with E-state index in [-0.39, 0.29) is 0 Å². The highest BCUT2D eigenvalue weighted by atomic mass is 16.3. The number of benzene rings is 6. The average Bonchev–Trinajstić information content (AvgIpc) is 3.02. The van der Waals surface area contributed by atoms with Crippen molar-refractivity contribution >= 4 is 54.5 Å². The fourth-order valence-electron chi connectivity index (χ4n) is 7.59. The third-order valence-electron chi connectivity index (χ3n) is 9.70. The van der Waals surface area contributed by atoms with Crippen LogP contribution in [0.15, 0.2) is 97.1 Å². The van der Waals surface area contributed by atoms with Crippen LogP contribution in [0.2, 0.25) is 0 Å². The lowest BCUT2D eigenvalue weighted by Crippen LogP contribution is -2.63. The van der Waals surface area contributed by atoms with E-state index in [1.807, 2.05) is 24.3 Å². The molecular weight excluding hydrogens is 552 g/mol. The Hall–Kier alpha value is -4.12. The molecule has 230 valence electrons. The molecule has 7 rings (SSSR count). The molecule has 0 saturated heterocycles. The number of nitrogens with zero attached hydrogens (tertiary/aromatic N) is 1. The number of hydrogen-bond acceptors (Lipinski definition) is 4. The van der Waals surface area contributed by atoms with E-state index in [1.54, 1.807) is 0 Å². The zero-order valence-electron chi connectivity index (χ0n) is 26.9. The van der Waals surface area contributed by atoms with Gasteiger partial charge in [-0.05, 0) is 86.0 Å². The first-order valence-corrected chi connectivity index (χ1v) is 16.4. The minimum absolute atomic E-state index is 0.482. The highest BCUT2D eigenvalue weighted by Crippen LogP contribution is 2.50. The van der Waals surface area contributed by atoms with Gasteiger partial charge in [-0.2, -0.15) is 0 Å². The van der Waals surface area contributed by atoms with Crippen LogP contribution in [0.1, 0.15) is 50.7 Å². The van der Waals surface area contributed by atoms with Crippen LogP contribution < -0.4 is 20.4 Å². The van der Waals surface area contributed by atoms with E-state index < -0.39 is 24.0 Å². The Balaban J connectivity index is 1.33. The Morgan fingerprint density at radius 1 is 0.600 bits per heavy atom. The molecule has 1 fully saturated rings. The molecule has 4 heteroatoms. The smallest absolute Gasteiger partial charge is 0.0499 e. The second-order valence-corrected chi connectivity index (χ2v) is 13.9. The van der Waals surface area contributed by atoms with E-state index in [4.69, 9.17) is 0 Å². The fraction of sp³-hybridized carbons (Fsp3) is 0.317. The van der Waals surface area contributed by atoms with Crippen LogP contribution in [0, 0.1) is 11.8 Å². The summed E-state index contributed by atoms with van der Waals surface area (Å²) in [5, 5.41) is 41.1. The highest BCUT2D eigenvalue weighted by molar-refractivity contribution is 6.12. The predicted octanol–water partition coefficient (Wildman–Crippen LogP) is 7.80. The van der Waals surface area contributed by atoms with Crippen LogP contribution in [0.25, 0.3) is 43.1 Å². The molecule has 0 radical (unpaired) electrons. The van der Waals surface area contributed by atoms with Crippen molar-refractivity contribution in [1.29, 1.82) is 0 Å². The normalized spacial score (nSPS) is 20.0. The summed E-state index contributed by atoms with van der Waals surface area (Å²) in [6.45, 7) is 10.6. The predicted molar refractivity (Wildman–Crippen MR) is 187 cm³/mol. The maximum atomic E-state index is 14.3. The Morgan fingerprint density at radius 3 is 1.82 bits per heavy atom. The number of rotatable bonds is 8. The van der Waals surface area contributed by atoms with Crippen molar-refractivity contribution in [3.05, 3.63) is 108 Å². The first-order valence-electron chi connectivity index (χ1n) is 16.4. The molecule has 2 atom stereocenters. The summed E-state index contributed by atoms with van der Waals surface area (Å²) in [5.41, 5.74) is 3.98. The molecule has 0 bridgehead atoms. The van der Waals surface area contributed by atoms with Crippen molar-refractivity contribution < 1.29 is 10.2 Å². The van der Waals surface area contributed by atoms with Crippen molar-refractivity contribution in [2.45, 2.75) is 51.7 Å². The summed E-state index contributed by atoms with van der Waals surface area (Å²) in [6.07, 6.45) is -2.05. The van der Waals surface area contributed by atoms with Gasteiger partial charge in [0, 0.05) is 47.7 Å². The van der Waals surface area contributed by atoms with Gasteiger partial charge in [0.25, 0.3) is 0 Å². The van der Waals surface area contributed by atoms with Crippen LogP contribution in [-0.4, -0.2) is 32.3 Å². The molecule has 45 heavy (non-hydrogen) atoms. The Bertz CT molecular complexity index is 2020. The second kappa shape index (κ2) is 11.7. The largest absolute Gasteiger partial charge is 0.851 e. The molecule has 4 nitrogen and oxygen atoms in total. The van der Waals surface area contributed by atoms with Crippen LogP contribution in [-0.2, 0) is 0 Å². The Labute approximate surface area is 266 Å². The summed E-state index contributed by atoms with van der Waals surface area (Å²) in [6, 6.07) is 33.7. The SMILES string of the molecule is CC(C)CNc1c2ccccc2cc2c(C3C([O-])C(c4ccc(N(C)CC(C)C)c5cc6ccccc6cc45)C3[O-])cccc12. The lowest BCUT2D eigenvalue weighted by Gasteiger charge is -2.62. The van der Waals surface area contributed by atoms with Crippen molar-refractivity contribution in [3.8, 4) is 0 Å². The first-order chi connectivity index (χ1) is 21.7. The molecule has 6 aromatic carbocycles. The summed E-state index contributed by atoms with van der Waals surface area (Å²) in [5.74, 6) is -0.211. The molecule has 0 aromatic heterocycles. The first kappa shape index (κ1) is 29.6. The van der Waals surface area contributed by atoms with E-state index in [0.29, 0.717) is 11.8 Å². The van der Waals surface area contributed by atoms with Crippen LogP contribution in [0.5, 0.6) is 0 Å². The number of nitrogens with one attached hydrogen (secondary N) is 1. The van der Waals surface area contributed by atoms with Gasteiger partial charge < -0.3 is 20.4 Å². The molecule has 1 aliphatic rings. The van der Waals surface area contributed by atoms with Gasteiger partial charge in [-0.15, -0.1) is 12.2 Å². The standard InChI is InChI=1S/C41H42N2O2/c1-24(2)22-42-39-29-14-9-8-13-28(29)21-33-30(15-10-16-32(33)39)37-40(44)38(41(37)45)31-17-18-36(43(5)23-25(3)4)35-20-27-12-7-6-11-26(27)19-34(31)35/h6-21,24-25,37-38,40-42H,22-23H2,1-5H3/q-2. The van der Waals surface area contributed by atoms with Gasteiger partial charge in [0.1, 0.15) is 0 Å². The monoisotopic (exact) mass is 594 g/mol. The summed E-state index contributed by atoms with van der Waals surface area (Å²) in [4.78, 5) is 2.30. The van der Waals surface area contributed by atoms with E-state index in [0.717, 1.165) is 78.7 Å². The lowest BCUT2D eigenvalue weighted by molar-refractivity contribution is -0.535. The zero-order chi connectivity index (χ0) is 31.4. The third kappa shape index (κ3) is 5.10. The van der Waals surface area contributed by atoms with E-state index in [1.165, 1.54) is 0 Å². The van der Waals surface area contributed by atoms with Crippen LogP contribution in [0.3, 0.4) is 0 Å². The summed E-state index contributed by atoms with van der Waals surface area (Å²) >= 11 is 0. The van der Waals surface area contributed by atoms with Gasteiger partial charge in [-0.1, -0.05) is 100 Å². The maximum Gasteiger partial charge on any atom is 0.0499 e. The van der Waals surface area contributed by atoms with Crippen molar-refractivity contribution in [2.24, 2.45) is 11.8 Å². The van der Waals surface area contributed by atoms with Gasteiger partial charge in [-0.25, -0.2) is 0 Å². The number of anilines is 2. The lowest BCUT2D eigenvalue weighted by atomic mass is 9.62. The molecular formula is C41H42N2O2-2. The molecule has 1 aliphatic carbocycles. The molecule has 2 unspecified atom stereocenters. The third-order valence-corrected chi connectivity index (χ3v) is 9.70. The second-order valence-electron chi connectivity index (χ2n) is 13.9. The minimum atomic E-state index is -1.02. The van der Waals surface area contributed by atoms with Gasteiger partial charge in [0.15, 0.2) is 0 Å². The Kier molecular flexibility index (Phi) is 7.67. The quantitative estimate of drug-likeness (QED) is 0.183. The van der Waals surface area contributed by atoms with Gasteiger partial charge in [0.2, 0.25) is 0 Å². The van der Waals surface area contributed by atoms with Crippen molar-refractivity contribution in [3.63, 3.8) is 0 Å².